The van der Waals surface area contributed by atoms with E-state index in [9.17, 15) is 4.79 Å². The first-order chi connectivity index (χ1) is 11.1. The van der Waals surface area contributed by atoms with Gasteiger partial charge >= 0.3 is 0 Å². The topological polar surface area (TPSA) is 41.6 Å². The summed E-state index contributed by atoms with van der Waals surface area (Å²) in [4.78, 5) is 14.4. The number of carbonyl (C=O) groups excluding carboxylic acids is 1. The summed E-state index contributed by atoms with van der Waals surface area (Å²) in [6.07, 6.45) is 0.414. The molecule has 3 rings (SSSR count). The average molecular weight is 412 g/mol. The van der Waals surface area contributed by atoms with Crippen LogP contribution in [0.2, 0.25) is 10.0 Å². The maximum absolute atomic E-state index is 12.5. The predicted molar refractivity (Wildman–Crippen MR) is 103 cm³/mol. The van der Waals surface area contributed by atoms with Crippen molar-refractivity contribution in [3.8, 4) is 0 Å². The third kappa shape index (κ3) is 5.16. The third-order valence-corrected chi connectivity index (χ3v) is 6.02. The minimum atomic E-state index is -0.142. The Morgan fingerprint density at radius 1 is 1.38 bits per heavy atom. The van der Waals surface area contributed by atoms with Crippen LogP contribution in [-0.4, -0.2) is 54.6 Å². The molecule has 24 heavy (non-hydrogen) atoms. The molecule has 134 valence electrons. The van der Waals surface area contributed by atoms with E-state index in [1.807, 2.05) is 28.8 Å². The number of benzene rings is 1. The van der Waals surface area contributed by atoms with Crippen LogP contribution in [-0.2, 0) is 9.53 Å². The summed E-state index contributed by atoms with van der Waals surface area (Å²) < 4.78 is 5.81. The Bertz CT molecular complexity index is 570. The first-order valence-electron chi connectivity index (χ1n) is 7.79. The van der Waals surface area contributed by atoms with E-state index < -0.39 is 0 Å². The first kappa shape index (κ1) is 20.1. The maximum Gasteiger partial charge on any atom is 0.224 e. The number of nitrogens with zero attached hydrogens (tertiary/aromatic N) is 1. The Kier molecular flexibility index (Phi) is 7.98. The summed E-state index contributed by atoms with van der Waals surface area (Å²) in [7, 11) is 0. The lowest BCUT2D eigenvalue weighted by atomic mass is 10.1. The summed E-state index contributed by atoms with van der Waals surface area (Å²) in [6, 6.07) is 5.79. The minimum Gasteiger partial charge on any atom is -0.370 e. The second-order valence-electron chi connectivity index (χ2n) is 5.80. The lowest BCUT2D eigenvalue weighted by Crippen LogP contribution is -2.46. The van der Waals surface area contributed by atoms with Crippen molar-refractivity contribution in [2.75, 3.05) is 37.7 Å². The number of nitrogens with one attached hydrogen (secondary N) is 1. The summed E-state index contributed by atoms with van der Waals surface area (Å²) >= 11 is 14.0. The zero-order valence-corrected chi connectivity index (χ0v) is 16.3. The molecule has 0 radical (unpaired) electrons. The van der Waals surface area contributed by atoms with Crippen LogP contribution in [0.3, 0.4) is 0 Å². The van der Waals surface area contributed by atoms with Crippen LogP contribution >= 0.6 is 47.4 Å². The van der Waals surface area contributed by atoms with E-state index in [0.717, 1.165) is 23.6 Å². The molecule has 1 N–H and O–H groups in total. The highest BCUT2D eigenvalue weighted by Crippen LogP contribution is 2.29. The number of amides is 1. The molecule has 2 aliphatic rings. The fraction of sp³-hybridized carbons (Fsp3) is 0.562. The molecule has 2 fully saturated rings. The predicted octanol–water partition coefficient (Wildman–Crippen LogP) is 3.41. The van der Waals surface area contributed by atoms with E-state index in [-0.39, 0.29) is 30.5 Å². The molecule has 2 aliphatic heterocycles. The average Bonchev–Trinajstić information content (AvgIpc) is 2.58. The fourth-order valence-electron chi connectivity index (χ4n) is 2.88. The number of rotatable bonds is 3. The van der Waals surface area contributed by atoms with Gasteiger partial charge in [0.2, 0.25) is 5.91 Å². The van der Waals surface area contributed by atoms with Gasteiger partial charge in [-0.15, -0.1) is 12.4 Å². The van der Waals surface area contributed by atoms with Gasteiger partial charge in [0.1, 0.15) is 6.10 Å². The molecular weight excluding hydrogens is 391 g/mol. The molecule has 2 saturated heterocycles. The molecule has 0 aliphatic carbocycles. The Balaban J connectivity index is 0.00000208. The molecule has 2 heterocycles. The lowest BCUT2D eigenvalue weighted by molar-refractivity contribution is -0.139. The second-order valence-corrected chi connectivity index (χ2v) is 7.77. The van der Waals surface area contributed by atoms with E-state index in [1.54, 1.807) is 6.07 Å². The standard InChI is InChI=1S/C16H20Cl2N2O2S.ClH/c17-13-2-1-11(7-14(13)18)15-9-20(4-5-22-15)16(21)8-12-10-23-6-3-19-12;/h1-2,7,12,15,19H,3-6,8-10H2;1H. The number of hydrogen-bond donors (Lipinski definition) is 1. The molecule has 0 saturated carbocycles. The van der Waals surface area contributed by atoms with Crippen LogP contribution in [0.15, 0.2) is 18.2 Å². The molecule has 8 heteroatoms. The van der Waals surface area contributed by atoms with E-state index in [1.165, 1.54) is 0 Å². The van der Waals surface area contributed by atoms with Gasteiger partial charge in [0.05, 0.1) is 23.2 Å². The lowest BCUT2D eigenvalue weighted by Gasteiger charge is -2.34. The second kappa shape index (κ2) is 9.51. The van der Waals surface area contributed by atoms with Crippen molar-refractivity contribution in [2.24, 2.45) is 0 Å². The van der Waals surface area contributed by atoms with Crippen molar-refractivity contribution in [1.82, 2.24) is 10.2 Å². The van der Waals surface area contributed by atoms with Gasteiger partial charge < -0.3 is 15.0 Å². The summed E-state index contributed by atoms with van der Waals surface area (Å²) in [6.45, 7) is 2.74. The van der Waals surface area contributed by atoms with Crippen LogP contribution in [0.25, 0.3) is 0 Å². The van der Waals surface area contributed by atoms with E-state index in [4.69, 9.17) is 27.9 Å². The molecule has 0 aromatic heterocycles. The smallest absolute Gasteiger partial charge is 0.224 e. The van der Waals surface area contributed by atoms with Gasteiger partial charge in [-0.3, -0.25) is 4.79 Å². The van der Waals surface area contributed by atoms with Gasteiger partial charge in [-0.25, -0.2) is 0 Å². The van der Waals surface area contributed by atoms with Gasteiger partial charge in [-0.05, 0) is 17.7 Å². The zero-order chi connectivity index (χ0) is 16.2. The van der Waals surface area contributed by atoms with Crippen LogP contribution in [0.1, 0.15) is 18.1 Å². The highest BCUT2D eigenvalue weighted by atomic mass is 35.5. The molecule has 0 bridgehead atoms. The number of ether oxygens (including phenoxy) is 1. The largest absolute Gasteiger partial charge is 0.370 e. The van der Waals surface area contributed by atoms with Crippen LogP contribution in [0, 0.1) is 0 Å². The van der Waals surface area contributed by atoms with Gasteiger partial charge in [-0.2, -0.15) is 11.8 Å². The molecule has 2 atom stereocenters. The first-order valence-corrected chi connectivity index (χ1v) is 9.70. The quantitative estimate of drug-likeness (QED) is 0.827. The van der Waals surface area contributed by atoms with Gasteiger partial charge in [0, 0.05) is 37.1 Å². The number of carbonyl (C=O) groups is 1. The molecule has 1 amide bonds. The van der Waals surface area contributed by atoms with Crippen molar-refractivity contribution < 1.29 is 9.53 Å². The van der Waals surface area contributed by atoms with Crippen LogP contribution in [0.4, 0.5) is 0 Å². The fourth-order valence-corrected chi connectivity index (χ4v) is 4.14. The Hall–Kier alpha value is -0.170. The molecule has 2 unspecified atom stereocenters. The SMILES string of the molecule is Cl.O=C(CC1CSCCN1)N1CCOC(c2ccc(Cl)c(Cl)c2)C1. The molecule has 1 aromatic rings. The van der Waals surface area contributed by atoms with Crippen molar-refractivity contribution in [3.63, 3.8) is 0 Å². The molecule has 1 aromatic carbocycles. The number of hydrogen-bond acceptors (Lipinski definition) is 4. The third-order valence-electron chi connectivity index (χ3n) is 4.15. The van der Waals surface area contributed by atoms with Crippen LogP contribution in [0.5, 0.6) is 0 Å². The van der Waals surface area contributed by atoms with Crippen LogP contribution < -0.4 is 5.32 Å². The van der Waals surface area contributed by atoms with Crippen molar-refractivity contribution in [1.29, 1.82) is 0 Å². The molecular formula is C16H21Cl3N2O2S. The Morgan fingerprint density at radius 2 is 2.21 bits per heavy atom. The summed E-state index contributed by atoms with van der Waals surface area (Å²) in [5.41, 5.74) is 0.961. The zero-order valence-electron chi connectivity index (χ0n) is 13.2. The Labute approximate surface area is 163 Å². The van der Waals surface area contributed by atoms with Gasteiger partial charge in [0.25, 0.3) is 0 Å². The van der Waals surface area contributed by atoms with E-state index in [0.29, 0.717) is 36.2 Å². The minimum absolute atomic E-state index is 0. The number of halogens is 3. The van der Waals surface area contributed by atoms with Crippen molar-refractivity contribution in [3.05, 3.63) is 33.8 Å². The normalized spacial score (nSPS) is 24.3. The van der Waals surface area contributed by atoms with Gasteiger partial charge in [0.15, 0.2) is 0 Å². The van der Waals surface area contributed by atoms with E-state index in [2.05, 4.69) is 5.32 Å². The Morgan fingerprint density at radius 3 is 2.92 bits per heavy atom. The molecule has 4 nitrogen and oxygen atoms in total. The van der Waals surface area contributed by atoms with E-state index >= 15 is 0 Å². The number of thioether (sulfide) groups is 1. The summed E-state index contributed by atoms with van der Waals surface area (Å²) in [5.74, 6) is 2.33. The highest BCUT2D eigenvalue weighted by Gasteiger charge is 2.27. The maximum atomic E-state index is 12.5. The van der Waals surface area contributed by atoms with Gasteiger partial charge in [-0.1, -0.05) is 29.3 Å². The highest BCUT2D eigenvalue weighted by molar-refractivity contribution is 7.99. The van der Waals surface area contributed by atoms with Crippen molar-refractivity contribution in [2.45, 2.75) is 18.6 Å². The monoisotopic (exact) mass is 410 g/mol. The van der Waals surface area contributed by atoms with Crippen molar-refractivity contribution >= 4 is 53.3 Å². The number of morpholine rings is 1. The molecule has 0 spiro atoms. The summed E-state index contributed by atoms with van der Waals surface area (Å²) in [5, 5.41) is 4.46.